The minimum absolute atomic E-state index is 0.126. The van der Waals surface area contributed by atoms with E-state index < -0.39 is 15.1 Å². The molecule has 0 saturated carbocycles. The molecule has 0 fully saturated rings. The summed E-state index contributed by atoms with van der Waals surface area (Å²) in [7, 11) is -4.40. The maximum absolute atomic E-state index is 11.5. The Hall–Kier alpha value is -0.130. The third kappa shape index (κ3) is 14.8. The molecular formula is C23H48O4S. The van der Waals surface area contributed by atoms with Crippen molar-refractivity contribution in [1.29, 1.82) is 0 Å². The van der Waals surface area contributed by atoms with Crippen molar-refractivity contribution in [2.75, 3.05) is 0 Å². The van der Waals surface area contributed by atoms with Gasteiger partial charge in [-0.3, -0.25) is 4.55 Å². The van der Waals surface area contributed by atoms with Crippen LogP contribution in [0.2, 0.25) is 0 Å². The van der Waals surface area contributed by atoms with Crippen LogP contribution in [0.4, 0.5) is 0 Å². The lowest BCUT2D eigenvalue weighted by Crippen LogP contribution is -2.38. The lowest BCUT2D eigenvalue weighted by atomic mass is 10.0. The Bertz CT molecular complexity index is 436. The van der Waals surface area contributed by atoms with Crippen molar-refractivity contribution >= 4 is 10.1 Å². The van der Waals surface area contributed by atoms with Crippen molar-refractivity contribution in [2.24, 2.45) is 0 Å². The van der Waals surface area contributed by atoms with Gasteiger partial charge >= 0.3 is 0 Å². The fourth-order valence-corrected chi connectivity index (χ4v) is 4.59. The van der Waals surface area contributed by atoms with E-state index in [1.807, 2.05) is 6.92 Å². The van der Waals surface area contributed by atoms with Crippen molar-refractivity contribution in [3.05, 3.63) is 0 Å². The van der Waals surface area contributed by atoms with Crippen molar-refractivity contribution in [2.45, 2.75) is 147 Å². The molecular weight excluding hydrogens is 372 g/mol. The van der Waals surface area contributed by atoms with Gasteiger partial charge in [-0.1, -0.05) is 117 Å². The summed E-state index contributed by atoms with van der Waals surface area (Å²) in [5, 5.41) is 10.3. The van der Waals surface area contributed by atoms with Crippen LogP contribution in [0.5, 0.6) is 0 Å². The van der Waals surface area contributed by atoms with Crippen LogP contribution < -0.4 is 0 Å². The molecule has 5 heteroatoms. The van der Waals surface area contributed by atoms with E-state index in [4.69, 9.17) is 0 Å². The molecule has 0 spiro atoms. The summed E-state index contributed by atoms with van der Waals surface area (Å²) in [6, 6.07) is 0. The Morgan fingerprint density at radius 2 is 0.821 bits per heavy atom. The molecule has 0 amide bonds. The molecule has 2 N–H and O–H groups in total. The van der Waals surface area contributed by atoms with Crippen molar-refractivity contribution in [3.8, 4) is 0 Å². The lowest BCUT2D eigenvalue weighted by Gasteiger charge is -2.24. The highest BCUT2D eigenvalue weighted by molar-refractivity contribution is 7.87. The fraction of sp³-hybridized carbons (Fsp3) is 1.00. The minimum Gasteiger partial charge on any atom is -0.372 e. The molecule has 1 unspecified atom stereocenters. The summed E-state index contributed by atoms with van der Waals surface area (Å²) in [5.74, 6) is 0. The molecule has 0 saturated heterocycles. The van der Waals surface area contributed by atoms with Crippen LogP contribution in [0.25, 0.3) is 0 Å². The summed E-state index contributed by atoms with van der Waals surface area (Å²) in [6.07, 6.45) is 21.8. The second-order valence-corrected chi connectivity index (χ2v) is 10.3. The van der Waals surface area contributed by atoms with E-state index in [2.05, 4.69) is 6.92 Å². The molecule has 0 aliphatic heterocycles. The first-order valence-electron chi connectivity index (χ1n) is 12.1. The zero-order valence-electron chi connectivity index (χ0n) is 18.8. The standard InChI is InChI=1S/C23H48O4S/c1-3-5-7-8-9-10-11-12-13-14-15-16-17-18-19-20-22-23(24,21-6-4-2)28(25,26)27/h24H,3-22H2,1-2H3,(H,25,26,27). The van der Waals surface area contributed by atoms with Crippen LogP contribution >= 0.6 is 0 Å². The largest absolute Gasteiger partial charge is 0.372 e. The molecule has 170 valence electrons. The van der Waals surface area contributed by atoms with Gasteiger partial charge in [0.2, 0.25) is 0 Å². The summed E-state index contributed by atoms with van der Waals surface area (Å²) in [5.41, 5.74) is 0. The van der Waals surface area contributed by atoms with Gasteiger partial charge in [-0.2, -0.15) is 8.42 Å². The molecule has 0 heterocycles. The van der Waals surface area contributed by atoms with Gasteiger partial charge in [0, 0.05) is 0 Å². The van der Waals surface area contributed by atoms with Gasteiger partial charge in [-0.05, 0) is 25.7 Å². The highest BCUT2D eigenvalue weighted by Gasteiger charge is 2.39. The summed E-state index contributed by atoms with van der Waals surface area (Å²) in [6.45, 7) is 4.21. The van der Waals surface area contributed by atoms with E-state index in [0.717, 1.165) is 19.3 Å². The molecule has 4 nitrogen and oxygen atoms in total. The van der Waals surface area contributed by atoms with E-state index in [0.29, 0.717) is 12.8 Å². The van der Waals surface area contributed by atoms with Crippen molar-refractivity contribution in [1.82, 2.24) is 0 Å². The van der Waals surface area contributed by atoms with E-state index in [1.54, 1.807) is 0 Å². The summed E-state index contributed by atoms with van der Waals surface area (Å²) >= 11 is 0. The maximum Gasteiger partial charge on any atom is 0.294 e. The Kier molecular flexibility index (Phi) is 17.6. The predicted octanol–water partition coefficient (Wildman–Crippen LogP) is 7.40. The molecule has 0 radical (unpaired) electrons. The van der Waals surface area contributed by atoms with Gasteiger partial charge in [-0.15, -0.1) is 0 Å². The van der Waals surface area contributed by atoms with Crippen molar-refractivity contribution < 1.29 is 18.1 Å². The van der Waals surface area contributed by atoms with Gasteiger partial charge in [0.05, 0.1) is 0 Å². The third-order valence-electron chi connectivity index (χ3n) is 5.82. The van der Waals surface area contributed by atoms with E-state index >= 15 is 0 Å². The van der Waals surface area contributed by atoms with Crippen LogP contribution in [0, 0.1) is 0 Å². The van der Waals surface area contributed by atoms with Crippen LogP contribution in [-0.2, 0) is 10.1 Å². The molecule has 0 aliphatic rings. The number of aliphatic hydroxyl groups is 1. The summed E-state index contributed by atoms with van der Waals surface area (Å²) < 4.78 is 32.2. The highest BCUT2D eigenvalue weighted by Crippen LogP contribution is 2.27. The van der Waals surface area contributed by atoms with Crippen LogP contribution in [0.15, 0.2) is 0 Å². The quantitative estimate of drug-likeness (QED) is 0.150. The maximum atomic E-state index is 11.5. The average Bonchev–Trinajstić information content (AvgIpc) is 2.65. The Morgan fingerprint density at radius 3 is 1.14 bits per heavy atom. The second kappa shape index (κ2) is 17.7. The first kappa shape index (κ1) is 27.9. The lowest BCUT2D eigenvalue weighted by molar-refractivity contribution is 0.0890. The number of hydrogen-bond acceptors (Lipinski definition) is 3. The van der Waals surface area contributed by atoms with Gasteiger partial charge in [0.25, 0.3) is 10.1 Å². The summed E-state index contributed by atoms with van der Waals surface area (Å²) in [4.78, 5) is -1.95. The first-order chi connectivity index (χ1) is 13.4. The van der Waals surface area contributed by atoms with Gasteiger partial charge in [0.1, 0.15) is 0 Å². The van der Waals surface area contributed by atoms with Gasteiger partial charge in [0.15, 0.2) is 4.93 Å². The minimum atomic E-state index is -4.40. The van der Waals surface area contributed by atoms with E-state index in [9.17, 15) is 18.1 Å². The van der Waals surface area contributed by atoms with Gasteiger partial charge < -0.3 is 5.11 Å². The first-order valence-corrected chi connectivity index (χ1v) is 13.5. The zero-order chi connectivity index (χ0) is 21.1. The molecule has 0 aromatic carbocycles. The number of hydrogen-bond donors (Lipinski definition) is 2. The second-order valence-electron chi connectivity index (χ2n) is 8.58. The van der Waals surface area contributed by atoms with E-state index in [-0.39, 0.29) is 12.8 Å². The van der Waals surface area contributed by atoms with Crippen LogP contribution in [0.1, 0.15) is 142 Å². The Balaban J connectivity index is 3.49. The molecule has 0 rings (SSSR count). The van der Waals surface area contributed by atoms with Crippen LogP contribution in [-0.4, -0.2) is 23.0 Å². The molecule has 0 aromatic heterocycles. The number of unbranched alkanes of at least 4 members (excludes halogenated alkanes) is 16. The zero-order valence-corrected chi connectivity index (χ0v) is 19.6. The normalized spacial score (nSPS) is 14.3. The highest BCUT2D eigenvalue weighted by atomic mass is 32.2. The smallest absolute Gasteiger partial charge is 0.294 e. The third-order valence-corrected chi connectivity index (χ3v) is 7.19. The predicted molar refractivity (Wildman–Crippen MR) is 120 cm³/mol. The topological polar surface area (TPSA) is 74.6 Å². The molecule has 28 heavy (non-hydrogen) atoms. The van der Waals surface area contributed by atoms with Gasteiger partial charge in [-0.25, -0.2) is 0 Å². The fourth-order valence-electron chi connectivity index (χ4n) is 3.79. The van der Waals surface area contributed by atoms with Crippen molar-refractivity contribution in [3.63, 3.8) is 0 Å². The average molecular weight is 421 g/mol. The number of rotatable bonds is 21. The van der Waals surface area contributed by atoms with E-state index in [1.165, 1.54) is 83.5 Å². The monoisotopic (exact) mass is 420 g/mol. The van der Waals surface area contributed by atoms with Crippen LogP contribution in [0.3, 0.4) is 0 Å². The molecule has 0 aromatic rings. The molecule has 1 atom stereocenters. The SMILES string of the molecule is CCCCCCCCCCCCCCCCCCC(O)(CCCC)S(=O)(=O)O. The molecule has 0 bridgehead atoms. The Morgan fingerprint density at radius 1 is 0.536 bits per heavy atom. The Labute approximate surface area is 175 Å². The molecule has 0 aliphatic carbocycles.